The lowest BCUT2D eigenvalue weighted by Gasteiger charge is -2.35. The van der Waals surface area contributed by atoms with Crippen molar-refractivity contribution in [3.8, 4) is 5.75 Å². The lowest BCUT2D eigenvalue weighted by atomic mass is 10.1. The molecule has 0 aromatic heterocycles. The van der Waals surface area contributed by atoms with Crippen LogP contribution in [0.4, 0.5) is 5.69 Å². The van der Waals surface area contributed by atoms with Crippen LogP contribution in [0.5, 0.6) is 5.75 Å². The average molecular weight is 488 g/mol. The predicted octanol–water partition coefficient (Wildman–Crippen LogP) is 3.44. The summed E-state index contributed by atoms with van der Waals surface area (Å²) in [6, 6.07) is 15.8. The number of piperidine rings is 2. The van der Waals surface area contributed by atoms with Crippen molar-refractivity contribution in [3.63, 3.8) is 0 Å². The lowest BCUT2D eigenvalue weighted by Crippen LogP contribution is -2.44. The van der Waals surface area contributed by atoms with Crippen molar-refractivity contribution in [3.05, 3.63) is 60.2 Å². The second kappa shape index (κ2) is 11.2. The molecule has 0 bridgehead atoms. The van der Waals surface area contributed by atoms with Crippen LogP contribution in [0.2, 0.25) is 0 Å². The van der Waals surface area contributed by atoms with Gasteiger partial charge in [0.2, 0.25) is 16.4 Å². The minimum Gasteiger partial charge on any atom is -0.488 e. The second-order valence-corrected chi connectivity index (χ2v) is 10.9. The van der Waals surface area contributed by atoms with E-state index in [1.807, 2.05) is 18.2 Å². The van der Waals surface area contributed by atoms with Gasteiger partial charge in [0.15, 0.2) is 0 Å². The van der Waals surface area contributed by atoms with Gasteiger partial charge in [-0.2, -0.15) is 0 Å². The van der Waals surface area contributed by atoms with E-state index >= 15 is 0 Å². The number of hydrogen-bond acceptors (Lipinski definition) is 6. The number of carbonyl (C=O) groups is 1. The SMILES string of the molecule is O=CN(O)C(CS(=O)(=O)N1CCC(Oc2ccccc2N2CCCCC2)CC1)c1ccccc1. The topological polar surface area (TPSA) is 90.4 Å². The first-order valence-electron chi connectivity index (χ1n) is 11.9. The summed E-state index contributed by atoms with van der Waals surface area (Å²) in [7, 11) is -3.70. The van der Waals surface area contributed by atoms with E-state index in [-0.39, 0.29) is 18.3 Å². The molecule has 2 aliphatic heterocycles. The summed E-state index contributed by atoms with van der Waals surface area (Å²) in [5, 5.41) is 10.5. The highest BCUT2D eigenvalue weighted by Crippen LogP contribution is 2.33. The maximum absolute atomic E-state index is 13.1. The van der Waals surface area contributed by atoms with E-state index in [1.165, 1.54) is 23.6 Å². The van der Waals surface area contributed by atoms with Gasteiger partial charge in [-0.1, -0.05) is 42.5 Å². The number of rotatable bonds is 9. The van der Waals surface area contributed by atoms with Gasteiger partial charge in [-0.05, 0) is 49.8 Å². The van der Waals surface area contributed by atoms with Crippen molar-refractivity contribution in [2.75, 3.05) is 36.8 Å². The van der Waals surface area contributed by atoms with Crippen molar-refractivity contribution in [2.24, 2.45) is 0 Å². The zero-order chi connectivity index (χ0) is 24.0. The summed E-state index contributed by atoms with van der Waals surface area (Å²) in [5.74, 6) is 0.479. The van der Waals surface area contributed by atoms with Gasteiger partial charge in [0, 0.05) is 26.2 Å². The fourth-order valence-electron chi connectivity index (χ4n) is 4.74. The highest BCUT2D eigenvalue weighted by Gasteiger charge is 2.33. The smallest absolute Gasteiger partial charge is 0.233 e. The molecule has 0 saturated carbocycles. The molecule has 1 atom stereocenters. The molecule has 1 N–H and O–H groups in total. The number of ether oxygens (including phenoxy) is 1. The summed E-state index contributed by atoms with van der Waals surface area (Å²) in [4.78, 5) is 13.6. The van der Waals surface area contributed by atoms with Crippen LogP contribution in [0.3, 0.4) is 0 Å². The van der Waals surface area contributed by atoms with Crippen LogP contribution in [0.25, 0.3) is 0 Å². The van der Waals surface area contributed by atoms with Crippen molar-refractivity contribution in [2.45, 2.75) is 44.2 Å². The van der Waals surface area contributed by atoms with Gasteiger partial charge in [-0.3, -0.25) is 10.0 Å². The molecule has 9 heteroatoms. The molecular formula is C25H33N3O5S. The third-order valence-electron chi connectivity index (χ3n) is 6.63. The van der Waals surface area contributed by atoms with Crippen LogP contribution in [0, 0.1) is 0 Å². The quantitative estimate of drug-likeness (QED) is 0.331. The van der Waals surface area contributed by atoms with Crippen molar-refractivity contribution >= 4 is 22.1 Å². The first kappa shape index (κ1) is 24.5. The molecule has 0 spiro atoms. The van der Waals surface area contributed by atoms with Gasteiger partial charge in [-0.25, -0.2) is 17.8 Å². The van der Waals surface area contributed by atoms with Gasteiger partial charge in [0.25, 0.3) is 0 Å². The predicted molar refractivity (Wildman–Crippen MR) is 130 cm³/mol. The average Bonchev–Trinajstić information content (AvgIpc) is 2.88. The molecule has 2 aromatic rings. The number of para-hydroxylation sites is 2. The summed E-state index contributed by atoms with van der Waals surface area (Å²) in [6.45, 7) is 2.74. The van der Waals surface area contributed by atoms with E-state index in [1.54, 1.807) is 30.3 Å². The van der Waals surface area contributed by atoms with Gasteiger partial charge < -0.3 is 9.64 Å². The number of hydroxylamine groups is 2. The van der Waals surface area contributed by atoms with Crippen LogP contribution in [0.15, 0.2) is 54.6 Å². The van der Waals surface area contributed by atoms with Gasteiger partial charge in [0.1, 0.15) is 11.9 Å². The van der Waals surface area contributed by atoms with Crippen molar-refractivity contribution in [1.29, 1.82) is 0 Å². The normalized spacial score (nSPS) is 18.9. The molecule has 2 fully saturated rings. The van der Waals surface area contributed by atoms with E-state index in [4.69, 9.17) is 4.74 Å². The third-order valence-corrected chi connectivity index (χ3v) is 8.52. The molecule has 0 radical (unpaired) electrons. The Morgan fingerprint density at radius 2 is 1.62 bits per heavy atom. The summed E-state index contributed by atoms with van der Waals surface area (Å²) in [6.07, 6.45) is 4.98. The second-order valence-electron chi connectivity index (χ2n) is 8.92. The fourth-order valence-corrected chi connectivity index (χ4v) is 6.46. The van der Waals surface area contributed by atoms with Crippen molar-refractivity contribution < 1.29 is 23.2 Å². The number of nitrogens with zero attached hydrogens (tertiary/aromatic N) is 3. The Kier molecular flexibility index (Phi) is 8.07. The van der Waals surface area contributed by atoms with E-state index in [0.717, 1.165) is 24.5 Å². The lowest BCUT2D eigenvalue weighted by molar-refractivity contribution is -0.159. The molecule has 2 aromatic carbocycles. The van der Waals surface area contributed by atoms with E-state index in [2.05, 4.69) is 11.0 Å². The number of anilines is 1. The Hall–Kier alpha value is -2.62. The Morgan fingerprint density at radius 1 is 0.971 bits per heavy atom. The number of amides is 1. The van der Waals surface area contributed by atoms with Gasteiger partial charge >= 0.3 is 0 Å². The molecule has 1 amide bonds. The molecule has 2 saturated heterocycles. The number of carbonyl (C=O) groups excluding carboxylic acids is 1. The summed E-state index contributed by atoms with van der Waals surface area (Å²) < 4.78 is 34.1. The Bertz CT molecular complexity index is 1040. The Morgan fingerprint density at radius 3 is 2.29 bits per heavy atom. The molecule has 2 aliphatic rings. The van der Waals surface area contributed by atoms with Crippen molar-refractivity contribution in [1.82, 2.24) is 9.37 Å². The van der Waals surface area contributed by atoms with Gasteiger partial charge in [-0.15, -0.1) is 0 Å². The van der Waals surface area contributed by atoms with E-state index in [0.29, 0.717) is 36.6 Å². The summed E-state index contributed by atoms with van der Waals surface area (Å²) in [5.41, 5.74) is 1.67. The highest BCUT2D eigenvalue weighted by molar-refractivity contribution is 7.89. The standard InChI is InChI=1S/C25H33N3O5S/c29-20-28(30)24(21-9-3-1-4-10-21)19-34(31,32)27-17-13-22(14-18-27)33-25-12-6-5-11-23(25)26-15-7-2-8-16-26/h1,3-6,9-12,20,22,24,30H,2,7-8,13-19H2. The first-order chi connectivity index (χ1) is 16.5. The van der Waals surface area contributed by atoms with Crippen LogP contribution in [-0.2, 0) is 14.8 Å². The molecule has 34 heavy (non-hydrogen) atoms. The Labute approximate surface area is 201 Å². The van der Waals surface area contributed by atoms with Gasteiger partial charge in [0.05, 0.1) is 17.5 Å². The molecular weight excluding hydrogens is 454 g/mol. The third kappa shape index (κ3) is 5.89. The monoisotopic (exact) mass is 487 g/mol. The van der Waals surface area contributed by atoms with Crippen LogP contribution < -0.4 is 9.64 Å². The zero-order valence-electron chi connectivity index (χ0n) is 19.3. The number of benzene rings is 2. The Balaban J connectivity index is 1.38. The van der Waals surface area contributed by atoms with E-state index in [9.17, 15) is 18.4 Å². The largest absolute Gasteiger partial charge is 0.488 e. The zero-order valence-corrected chi connectivity index (χ0v) is 20.1. The molecule has 2 heterocycles. The number of hydrogen-bond donors (Lipinski definition) is 1. The minimum atomic E-state index is -3.70. The summed E-state index contributed by atoms with van der Waals surface area (Å²) >= 11 is 0. The van der Waals surface area contributed by atoms with Crippen LogP contribution in [0.1, 0.15) is 43.7 Å². The molecule has 1 unspecified atom stereocenters. The number of sulfonamides is 1. The van der Waals surface area contributed by atoms with Crippen LogP contribution in [-0.4, -0.2) is 67.4 Å². The first-order valence-corrected chi connectivity index (χ1v) is 13.5. The fraction of sp³-hybridized carbons (Fsp3) is 0.480. The maximum Gasteiger partial charge on any atom is 0.233 e. The van der Waals surface area contributed by atoms with E-state index < -0.39 is 16.1 Å². The van der Waals surface area contributed by atoms with Crippen LogP contribution >= 0.6 is 0 Å². The minimum absolute atomic E-state index is 0.0633. The molecule has 8 nitrogen and oxygen atoms in total. The maximum atomic E-state index is 13.1. The molecule has 4 rings (SSSR count). The molecule has 0 aliphatic carbocycles. The molecule has 184 valence electrons. The highest BCUT2D eigenvalue weighted by atomic mass is 32.2.